The minimum atomic E-state index is -0.178. The first-order chi connectivity index (χ1) is 7.49. The van der Waals surface area contributed by atoms with E-state index in [0.29, 0.717) is 25.2 Å². The van der Waals surface area contributed by atoms with Gasteiger partial charge in [-0.25, -0.2) is 0 Å². The van der Waals surface area contributed by atoms with E-state index in [9.17, 15) is 4.79 Å². The summed E-state index contributed by atoms with van der Waals surface area (Å²) in [6.07, 6.45) is 0. The molecule has 16 heavy (non-hydrogen) atoms. The molecule has 0 aliphatic heterocycles. The highest BCUT2D eigenvalue weighted by atomic mass is 16.5. The number of nitrogens with one attached hydrogen (secondary N) is 1. The van der Waals surface area contributed by atoms with Crippen molar-refractivity contribution in [1.82, 2.24) is 10.2 Å². The van der Waals surface area contributed by atoms with E-state index in [2.05, 4.69) is 37.9 Å². The first-order valence-electron chi connectivity index (χ1n) is 6.11. The molecule has 0 radical (unpaired) electrons. The Morgan fingerprint density at radius 1 is 1.25 bits per heavy atom. The lowest BCUT2D eigenvalue weighted by Crippen LogP contribution is -2.42. The summed E-state index contributed by atoms with van der Waals surface area (Å²) in [5, 5.41) is 3.09. The summed E-state index contributed by atoms with van der Waals surface area (Å²) in [7, 11) is 0. The third kappa shape index (κ3) is 6.80. The van der Waals surface area contributed by atoms with Gasteiger partial charge in [0.15, 0.2) is 0 Å². The quantitative estimate of drug-likeness (QED) is 0.503. The van der Waals surface area contributed by atoms with Crippen LogP contribution in [0.1, 0.15) is 34.6 Å². The van der Waals surface area contributed by atoms with E-state index in [1.54, 1.807) is 0 Å². The van der Waals surface area contributed by atoms with Gasteiger partial charge in [0, 0.05) is 25.2 Å². The Labute approximate surface area is 99.3 Å². The summed E-state index contributed by atoms with van der Waals surface area (Å²) in [5.41, 5.74) is 0. The number of rotatable bonds is 8. The summed E-state index contributed by atoms with van der Waals surface area (Å²) in [6, 6.07) is 1.06. The molecule has 1 N–H and O–H groups in total. The highest BCUT2D eigenvalue weighted by molar-refractivity contribution is 5.71. The van der Waals surface area contributed by atoms with Crippen molar-refractivity contribution >= 4 is 5.97 Å². The van der Waals surface area contributed by atoms with E-state index < -0.39 is 0 Å². The van der Waals surface area contributed by atoms with Crippen LogP contribution in [-0.4, -0.2) is 49.2 Å². The number of carbonyl (C=O) groups is 1. The Morgan fingerprint density at radius 2 is 1.81 bits per heavy atom. The molecule has 0 amide bonds. The molecule has 0 aliphatic carbocycles. The molecule has 0 unspecified atom stereocenters. The Kier molecular flexibility index (Phi) is 8.21. The molecule has 0 heterocycles. The monoisotopic (exact) mass is 230 g/mol. The first-order valence-corrected chi connectivity index (χ1v) is 6.11. The normalized spacial score (nSPS) is 11.5. The number of nitrogens with zero attached hydrogens (tertiary/aromatic N) is 1. The molecule has 0 bridgehead atoms. The van der Waals surface area contributed by atoms with Crippen LogP contribution in [0.5, 0.6) is 0 Å². The third-order valence-corrected chi connectivity index (χ3v) is 2.45. The molecule has 0 saturated heterocycles. The van der Waals surface area contributed by atoms with Gasteiger partial charge in [-0.2, -0.15) is 0 Å². The van der Waals surface area contributed by atoms with E-state index in [1.807, 2.05) is 6.92 Å². The predicted molar refractivity (Wildman–Crippen MR) is 66.5 cm³/mol. The summed E-state index contributed by atoms with van der Waals surface area (Å²) < 4.78 is 4.83. The molecule has 0 aliphatic rings. The summed E-state index contributed by atoms with van der Waals surface area (Å²) in [5.74, 6) is -0.178. The van der Waals surface area contributed by atoms with E-state index in [0.717, 1.165) is 13.1 Å². The summed E-state index contributed by atoms with van der Waals surface area (Å²) in [6.45, 7) is 13.1. The SMILES string of the molecule is CCOC(=O)CNCCN(C(C)C)C(C)C. The van der Waals surface area contributed by atoms with Crippen molar-refractivity contribution in [1.29, 1.82) is 0 Å². The molecule has 4 heteroatoms. The van der Waals surface area contributed by atoms with Crippen molar-refractivity contribution < 1.29 is 9.53 Å². The third-order valence-electron chi connectivity index (χ3n) is 2.45. The zero-order valence-electron chi connectivity index (χ0n) is 11.2. The highest BCUT2D eigenvalue weighted by Crippen LogP contribution is 2.02. The van der Waals surface area contributed by atoms with Crippen molar-refractivity contribution in [2.24, 2.45) is 0 Å². The van der Waals surface area contributed by atoms with Gasteiger partial charge >= 0.3 is 5.97 Å². The fraction of sp³-hybridized carbons (Fsp3) is 0.917. The van der Waals surface area contributed by atoms with Gasteiger partial charge in [-0.1, -0.05) is 0 Å². The van der Waals surface area contributed by atoms with E-state index in [-0.39, 0.29) is 5.97 Å². The van der Waals surface area contributed by atoms with Crippen molar-refractivity contribution in [3.05, 3.63) is 0 Å². The van der Waals surface area contributed by atoms with Crippen LogP contribution < -0.4 is 5.32 Å². The number of carbonyl (C=O) groups excluding carboxylic acids is 1. The van der Waals surface area contributed by atoms with Crippen LogP contribution in [0.4, 0.5) is 0 Å². The molecule has 0 saturated carbocycles. The minimum Gasteiger partial charge on any atom is -0.465 e. The molecule has 0 rings (SSSR count). The standard InChI is InChI=1S/C12H26N2O2/c1-6-16-12(15)9-13-7-8-14(10(2)3)11(4)5/h10-11,13H,6-9H2,1-5H3. The lowest BCUT2D eigenvalue weighted by molar-refractivity contribution is -0.142. The second-order valence-corrected chi connectivity index (χ2v) is 4.41. The minimum absolute atomic E-state index is 0.178. The zero-order valence-corrected chi connectivity index (χ0v) is 11.2. The Hall–Kier alpha value is -0.610. The molecule has 96 valence electrons. The van der Waals surface area contributed by atoms with Gasteiger partial charge in [-0.3, -0.25) is 9.69 Å². The summed E-state index contributed by atoms with van der Waals surface area (Å²) >= 11 is 0. The molecule has 0 atom stereocenters. The van der Waals surface area contributed by atoms with Gasteiger partial charge < -0.3 is 10.1 Å². The van der Waals surface area contributed by atoms with Crippen LogP contribution in [-0.2, 0) is 9.53 Å². The number of esters is 1. The highest BCUT2D eigenvalue weighted by Gasteiger charge is 2.12. The predicted octanol–water partition coefficient (Wildman–Crippen LogP) is 1.26. The Morgan fingerprint density at radius 3 is 2.25 bits per heavy atom. The van der Waals surface area contributed by atoms with Crippen LogP contribution in [0.15, 0.2) is 0 Å². The lowest BCUT2D eigenvalue weighted by atomic mass is 10.2. The molecule has 0 fully saturated rings. The van der Waals surface area contributed by atoms with Gasteiger partial charge in [-0.15, -0.1) is 0 Å². The van der Waals surface area contributed by atoms with Crippen LogP contribution in [0.2, 0.25) is 0 Å². The topological polar surface area (TPSA) is 41.6 Å². The number of hydrogen-bond acceptors (Lipinski definition) is 4. The second-order valence-electron chi connectivity index (χ2n) is 4.41. The lowest BCUT2D eigenvalue weighted by Gasteiger charge is -2.30. The van der Waals surface area contributed by atoms with Gasteiger partial charge in [0.25, 0.3) is 0 Å². The molecule has 4 nitrogen and oxygen atoms in total. The fourth-order valence-corrected chi connectivity index (χ4v) is 1.72. The molecule has 0 aromatic rings. The van der Waals surface area contributed by atoms with E-state index in [4.69, 9.17) is 4.74 Å². The van der Waals surface area contributed by atoms with Gasteiger partial charge in [0.2, 0.25) is 0 Å². The Bertz CT molecular complexity index is 185. The largest absolute Gasteiger partial charge is 0.465 e. The number of hydrogen-bond donors (Lipinski definition) is 1. The maximum atomic E-state index is 11.1. The van der Waals surface area contributed by atoms with Crippen LogP contribution >= 0.6 is 0 Å². The molecule has 0 aromatic carbocycles. The number of ether oxygens (including phenoxy) is 1. The van der Waals surface area contributed by atoms with Crippen molar-refractivity contribution in [2.75, 3.05) is 26.2 Å². The van der Waals surface area contributed by atoms with Crippen LogP contribution in [0.3, 0.4) is 0 Å². The first kappa shape index (κ1) is 15.4. The summed E-state index contributed by atoms with van der Waals surface area (Å²) in [4.78, 5) is 13.4. The average Bonchev–Trinajstić information content (AvgIpc) is 2.16. The van der Waals surface area contributed by atoms with E-state index in [1.165, 1.54) is 0 Å². The molecular formula is C12H26N2O2. The van der Waals surface area contributed by atoms with Gasteiger partial charge in [0.05, 0.1) is 13.2 Å². The second kappa shape index (κ2) is 8.53. The smallest absolute Gasteiger partial charge is 0.319 e. The zero-order chi connectivity index (χ0) is 12.6. The van der Waals surface area contributed by atoms with Gasteiger partial charge in [-0.05, 0) is 34.6 Å². The van der Waals surface area contributed by atoms with Crippen molar-refractivity contribution in [3.63, 3.8) is 0 Å². The van der Waals surface area contributed by atoms with E-state index >= 15 is 0 Å². The Balaban J connectivity index is 3.67. The molecular weight excluding hydrogens is 204 g/mol. The van der Waals surface area contributed by atoms with Crippen molar-refractivity contribution in [3.8, 4) is 0 Å². The maximum Gasteiger partial charge on any atom is 0.319 e. The maximum absolute atomic E-state index is 11.1. The molecule has 0 spiro atoms. The fourth-order valence-electron chi connectivity index (χ4n) is 1.72. The average molecular weight is 230 g/mol. The molecule has 0 aromatic heterocycles. The van der Waals surface area contributed by atoms with Crippen LogP contribution in [0, 0.1) is 0 Å². The van der Waals surface area contributed by atoms with Gasteiger partial charge in [0.1, 0.15) is 0 Å². The van der Waals surface area contributed by atoms with Crippen molar-refractivity contribution in [2.45, 2.75) is 46.7 Å². The van der Waals surface area contributed by atoms with Crippen LogP contribution in [0.25, 0.3) is 0 Å².